The van der Waals surface area contributed by atoms with Gasteiger partial charge in [0.1, 0.15) is 0 Å². The zero-order valence-electron chi connectivity index (χ0n) is 24.2. The molecule has 0 saturated heterocycles. The zero-order chi connectivity index (χ0) is 25.1. The second kappa shape index (κ2) is 26.3. The average molecular weight is 488 g/mol. The summed E-state index contributed by atoms with van der Waals surface area (Å²) >= 11 is 0. The van der Waals surface area contributed by atoms with Gasteiger partial charge in [-0.2, -0.15) is 0 Å². The Hall–Kier alpha value is -0.790. The first kappa shape index (κ1) is 32.2. The third kappa shape index (κ3) is 21.0. The molecule has 0 N–H and O–H groups in total. The van der Waals surface area contributed by atoms with Gasteiger partial charge in [-0.1, -0.05) is 184 Å². The van der Waals surface area contributed by atoms with Crippen molar-refractivity contribution in [1.29, 1.82) is 0 Å². The maximum atomic E-state index is 4.55. The third-order valence-electron chi connectivity index (χ3n) is 7.91. The molecule has 1 rings (SSSR count). The summed E-state index contributed by atoms with van der Waals surface area (Å²) in [6, 6.07) is 0. The van der Waals surface area contributed by atoms with Crippen LogP contribution in [-0.2, 0) is 0 Å². The van der Waals surface area contributed by atoms with Gasteiger partial charge >= 0.3 is 0 Å². The fourth-order valence-corrected chi connectivity index (χ4v) is 5.51. The Morgan fingerprint density at radius 1 is 0.400 bits per heavy atom. The Kier molecular flexibility index (Phi) is 24.2. The SMILES string of the molecule is CCCCCCCCCCCCCCCCCCC(CCCCCCCCCCC)[C+]1N=CC=N1. The van der Waals surface area contributed by atoms with Gasteiger partial charge in [0.15, 0.2) is 12.4 Å². The van der Waals surface area contributed by atoms with Crippen molar-refractivity contribution < 1.29 is 0 Å². The highest BCUT2D eigenvalue weighted by molar-refractivity contribution is 6.18. The number of rotatable bonds is 28. The summed E-state index contributed by atoms with van der Waals surface area (Å²) in [5.74, 6) is 0.598. The van der Waals surface area contributed by atoms with E-state index in [4.69, 9.17) is 0 Å². The Morgan fingerprint density at radius 2 is 0.657 bits per heavy atom. The summed E-state index contributed by atoms with van der Waals surface area (Å²) in [7, 11) is 0. The average Bonchev–Trinajstić information content (AvgIpc) is 3.41. The van der Waals surface area contributed by atoms with E-state index in [0.717, 1.165) is 6.17 Å². The Labute approximate surface area is 221 Å². The van der Waals surface area contributed by atoms with E-state index in [0.29, 0.717) is 5.92 Å². The lowest BCUT2D eigenvalue weighted by Gasteiger charge is -2.14. The highest BCUT2D eigenvalue weighted by atomic mass is 15.0. The molecule has 1 aliphatic heterocycles. The van der Waals surface area contributed by atoms with E-state index < -0.39 is 0 Å². The second-order valence-electron chi connectivity index (χ2n) is 11.3. The van der Waals surface area contributed by atoms with Crippen LogP contribution >= 0.6 is 0 Å². The van der Waals surface area contributed by atoms with Crippen molar-refractivity contribution in [3.8, 4) is 0 Å². The van der Waals surface area contributed by atoms with Crippen molar-refractivity contribution in [1.82, 2.24) is 0 Å². The highest BCUT2D eigenvalue weighted by Crippen LogP contribution is 2.30. The van der Waals surface area contributed by atoms with Gasteiger partial charge in [0.2, 0.25) is 6.17 Å². The Morgan fingerprint density at radius 3 is 0.943 bits per heavy atom. The predicted molar refractivity (Wildman–Crippen MR) is 160 cm³/mol. The van der Waals surface area contributed by atoms with Crippen LogP contribution in [0.5, 0.6) is 0 Å². The summed E-state index contributed by atoms with van der Waals surface area (Å²) in [6.45, 7) is 4.60. The largest absolute Gasteiger partial charge is 0.243 e. The Balaban J connectivity index is 1.92. The topological polar surface area (TPSA) is 24.7 Å². The van der Waals surface area contributed by atoms with Crippen LogP contribution in [0.4, 0.5) is 0 Å². The van der Waals surface area contributed by atoms with E-state index in [1.807, 2.05) is 12.4 Å². The van der Waals surface area contributed by atoms with Crippen LogP contribution in [0.3, 0.4) is 0 Å². The normalized spacial score (nSPS) is 13.8. The van der Waals surface area contributed by atoms with E-state index in [1.54, 1.807) is 0 Å². The summed E-state index contributed by atoms with van der Waals surface area (Å²) in [5, 5.41) is 0. The van der Waals surface area contributed by atoms with Gasteiger partial charge in [-0.15, -0.1) is 0 Å². The van der Waals surface area contributed by atoms with Crippen molar-refractivity contribution in [3.05, 3.63) is 6.17 Å². The van der Waals surface area contributed by atoms with Crippen LogP contribution in [0.15, 0.2) is 9.98 Å². The number of hydrogen-bond donors (Lipinski definition) is 0. The van der Waals surface area contributed by atoms with Crippen molar-refractivity contribution in [2.24, 2.45) is 15.9 Å². The standard InChI is InChI=1S/C33H63N2/c1-3-5-7-9-11-13-14-15-16-17-18-19-21-23-25-27-29-32(33-34-30-31-35-33)28-26-24-22-20-12-10-8-6-4-2/h30-32H,3-29H2,1-2H3/q+1. The van der Waals surface area contributed by atoms with Crippen molar-refractivity contribution in [2.45, 2.75) is 187 Å². The van der Waals surface area contributed by atoms with E-state index in [1.165, 1.54) is 173 Å². The molecule has 1 unspecified atom stereocenters. The minimum absolute atomic E-state index is 0.598. The van der Waals surface area contributed by atoms with Gasteiger partial charge in [0.25, 0.3) is 0 Å². The molecule has 1 atom stereocenters. The molecule has 2 nitrogen and oxygen atoms in total. The molecule has 0 aliphatic carbocycles. The van der Waals surface area contributed by atoms with E-state index >= 15 is 0 Å². The molecule has 35 heavy (non-hydrogen) atoms. The second-order valence-corrected chi connectivity index (χ2v) is 11.3. The summed E-state index contributed by atoms with van der Waals surface area (Å²) in [4.78, 5) is 9.11. The van der Waals surface area contributed by atoms with Gasteiger partial charge in [0, 0.05) is 0 Å². The van der Waals surface area contributed by atoms with Gasteiger partial charge in [0.05, 0.1) is 5.92 Å². The number of nitrogens with zero attached hydrogens (tertiary/aromatic N) is 2. The van der Waals surface area contributed by atoms with E-state index in [2.05, 4.69) is 23.8 Å². The number of hydrogen-bond acceptors (Lipinski definition) is 2. The first-order valence-corrected chi connectivity index (χ1v) is 16.3. The fourth-order valence-electron chi connectivity index (χ4n) is 5.51. The van der Waals surface area contributed by atoms with Crippen LogP contribution in [0, 0.1) is 12.1 Å². The van der Waals surface area contributed by atoms with Crippen molar-refractivity contribution in [3.63, 3.8) is 0 Å². The summed E-state index contributed by atoms with van der Waals surface area (Å²) < 4.78 is 0. The van der Waals surface area contributed by atoms with Gasteiger partial charge in [-0.3, -0.25) is 0 Å². The van der Waals surface area contributed by atoms with Crippen molar-refractivity contribution >= 4 is 12.4 Å². The molecule has 0 spiro atoms. The minimum Gasteiger partial charge on any atom is -0.0965 e. The molecule has 204 valence electrons. The molecular formula is C33H63N2+. The first-order chi connectivity index (χ1) is 17.4. The number of aliphatic imine (C=N–C) groups is 2. The molecule has 0 amide bonds. The maximum absolute atomic E-state index is 4.55. The number of unbranched alkanes of at least 4 members (excludes halogenated alkanes) is 23. The van der Waals surface area contributed by atoms with Gasteiger partial charge in [-0.25, -0.2) is 0 Å². The lowest BCUT2D eigenvalue weighted by molar-refractivity contribution is 0.409. The molecular weight excluding hydrogens is 424 g/mol. The molecule has 0 radical (unpaired) electrons. The lowest BCUT2D eigenvalue weighted by Crippen LogP contribution is -2.08. The van der Waals surface area contributed by atoms with E-state index in [-0.39, 0.29) is 0 Å². The fraction of sp³-hybridized carbons (Fsp3) is 0.909. The monoisotopic (exact) mass is 487 g/mol. The summed E-state index contributed by atoms with van der Waals surface area (Å²) in [5.41, 5.74) is 0. The maximum Gasteiger partial charge on any atom is 0.243 e. The van der Waals surface area contributed by atoms with E-state index in [9.17, 15) is 0 Å². The molecule has 1 heterocycles. The van der Waals surface area contributed by atoms with Crippen LogP contribution in [0.25, 0.3) is 0 Å². The molecule has 2 heteroatoms. The van der Waals surface area contributed by atoms with Crippen LogP contribution in [0.1, 0.15) is 187 Å². The first-order valence-electron chi connectivity index (χ1n) is 16.3. The summed E-state index contributed by atoms with van der Waals surface area (Å²) in [6.07, 6.45) is 43.2. The van der Waals surface area contributed by atoms with Gasteiger partial charge < -0.3 is 0 Å². The highest BCUT2D eigenvalue weighted by Gasteiger charge is 2.27. The molecule has 0 bridgehead atoms. The zero-order valence-corrected chi connectivity index (χ0v) is 24.2. The van der Waals surface area contributed by atoms with Crippen LogP contribution < -0.4 is 0 Å². The molecule has 1 aliphatic rings. The minimum atomic E-state index is 0.598. The van der Waals surface area contributed by atoms with Crippen molar-refractivity contribution in [2.75, 3.05) is 0 Å². The predicted octanol–water partition coefficient (Wildman–Crippen LogP) is 11.8. The van der Waals surface area contributed by atoms with Crippen LogP contribution in [-0.4, -0.2) is 12.4 Å². The molecule has 0 aromatic rings. The van der Waals surface area contributed by atoms with Gasteiger partial charge in [-0.05, 0) is 12.8 Å². The quantitative estimate of drug-likeness (QED) is 0.0774. The molecule has 0 saturated carbocycles. The lowest BCUT2D eigenvalue weighted by atomic mass is 9.92. The Bertz CT molecular complexity index is 458. The molecule has 0 aromatic heterocycles. The molecule has 0 aromatic carbocycles. The molecule has 0 fully saturated rings. The smallest absolute Gasteiger partial charge is 0.0965 e. The third-order valence-corrected chi connectivity index (χ3v) is 7.91. The van der Waals surface area contributed by atoms with Crippen LogP contribution in [0.2, 0.25) is 0 Å².